The molecule has 9 nitrogen and oxygen atoms in total. The predicted molar refractivity (Wildman–Crippen MR) is 193 cm³/mol. The van der Waals surface area contributed by atoms with E-state index in [9.17, 15) is 31.2 Å². The number of benzene rings is 4. The van der Waals surface area contributed by atoms with Crippen LogP contribution in [0.25, 0.3) is 21.9 Å². The van der Waals surface area contributed by atoms with Crippen LogP contribution in [0.4, 0.5) is 22.0 Å². The van der Waals surface area contributed by atoms with Gasteiger partial charge in [-0.15, -0.1) is 0 Å². The van der Waals surface area contributed by atoms with Crippen LogP contribution < -0.4 is 10.5 Å². The Balaban J connectivity index is 1.33. The van der Waals surface area contributed by atoms with Crippen LogP contribution in [0.1, 0.15) is 56.9 Å². The molecule has 16 heteroatoms. The minimum Gasteiger partial charge on any atom is -0.490 e. The number of fused-ring (bicyclic) bond motifs is 3. The van der Waals surface area contributed by atoms with E-state index < -0.39 is 67.1 Å². The fourth-order valence-corrected chi connectivity index (χ4v) is 9.41. The van der Waals surface area contributed by atoms with E-state index in [0.717, 1.165) is 54.8 Å². The predicted octanol–water partition coefficient (Wildman–Crippen LogP) is 8.13. The number of sulfonamides is 1. The molecule has 1 saturated carbocycles. The number of carbonyl (C=O) groups excluding carboxylic acids is 2. The summed E-state index contributed by atoms with van der Waals surface area (Å²) in [5.74, 6) is -8.68. The van der Waals surface area contributed by atoms with Crippen molar-refractivity contribution in [3.05, 3.63) is 95.5 Å². The Labute approximate surface area is 319 Å². The second kappa shape index (κ2) is 15.0. The van der Waals surface area contributed by atoms with Gasteiger partial charge in [0, 0.05) is 28.7 Å². The fraction of sp³-hybridized carbons (Fsp3) is 0.385. The lowest BCUT2D eigenvalue weighted by Gasteiger charge is -2.42. The van der Waals surface area contributed by atoms with Crippen molar-refractivity contribution in [3.8, 4) is 16.9 Å². The summed E-state index contributed by atoms with van der Waals surface area (Å²) < 4.78 is 110. The summed E-state index contributed by atoms with van der Waals surface area (Å²) in [6, 6.07) is 13.9. The Morgan fingerprint density at radius 1 is 0.800 bits per heavy atom. The number of hydrogen-bond acceptors (Lipinski definition) is 7. The monoisotopic (exact) mass is 805 g/mol. The normalized spacial score (nSPS) is 21.2. The molecule has 292 valence electrons. The number of hydroxylamine groups is 1. The molecule has 55 heavy (non-hydrogen) atoms. The Morgan fingerprint density at radius 3 is 1.96 bits per heavy atom. The molecule has 0 radical (unpaired) electrons. The third-order valence-corrected chi connectivity index (χ3v) is 12.4. The largest absolute Gasteiger partial charge is 0.492 e. The van der Waals surface area contributed by atoms with Crippen LogP contribution >= 0.6 is 11.6 Å². The summed E-state index contributed by atoms with van der Waals surface area (Å²) in [7, 11) is -5.64. The first-order valence-electron chi connectivity index (χ1n) is 17.9. The van der Waals surface area contributed by atoms with Crippen LogP contribution in [0.3, 0.4) is 0 Å². The molecule has 2 unspecified atom stereocenters. The molecular weight excluding hydrogens is 769 g/mol. The van der Waals surface area contributed by atoms with Crippen molar-refractivity contribution in [2.45, 2.75) is 98.6 Å². The third kappa shape index (κ3) is 7.89. The number of alkyl halides is 5. The summed E-state index contributed by atoms with van der Waals surface area (Å²) >= 11 is 5.98. The van der Waals surface area contributed by atoms with E-state index in [0.29, 0.717) is 40.1 Å². The Bertz CT molecular complexity index is 2170. The molecule has 0 spiro atoms. The third-order valence-electron chi connectivity index (χ3n) is 10.6. The van der Waals surface area contributed by atoms with E-state index >= 15 is 8.78 Å². The first-order valence-corrected chi connectivity index (χ1v) is 19.7. The van der Waals surface area contributed by atoms with E-state index in [1.54, 1.807) is 36.4 Å². The van der Waals surface area contributed by atoms with Gasteiger partial charge in [-0.25, -0.2) is 13.2 Å². The lowest BCUT2D eigenvalue weighted by Crippen LogP contribution is -2.62. The van der Waals surface area contributed by atoms with Gasteiger partial charge >= 0.3 is 18.1 Å². The van der Waals surface area contributed by atoms with E-state index in [1.807, 2.05) is 0 Å². The number of ether oxygens (including phenoxy) is 1. The lowest BCUT2D eigenvalue weighted by atomic mass is 9.94. The van der Waals surface area contributed by atoms with Crippen molar-refractivity contribution in [1.29, 1.82) is 0 Å². The highest BCUT2D eigenvalue weighted by Crippen LogP contribution is 2.44. The molecule has 7 rings (SSSR count). The highest BCUT2D eigenvalue weighted by atomic mass is 35.5. The molecule has 3 atom stereocenters. The van der Waals surface area contributed by atoms with Gasteiger partial charge in [0.05, 0.1) is 11.0 Å². The average Bonchev–Trinajstić information content (AvgIpc) is 3.76. The number of nitrogens with zero attached hydrogens (tertiary/aromatic N) is 2. The zero-order valence-electron chi connectivity index (χ0n) is 29.2. The summed E-state index contributed by atoms with van der Waals surface area (Å²) in [4.78, 5) is 31.7. The molecule has 0 aromatic heterocycles. The maximum Gasteiger partial charge on any atom is 0.492 e. The van der Waals surface area contributed by atoms with Gasteiger partial charge in [0.1, 0.15) is 5.75 Å². The second-order valence-corrected chi connectivity index (χ2v) is 16.5. The highest BCUT2D eigenvalue weighted by molar-refractivity contribution is 7.89. The first kappa shape index (κ1) is 38.9. The Hall–Kier alpha value is -4.31. The van der Waals surface area contributed by atoms with Crippen LogP contribution in [-0.4, -0.2) is 66.1 Å². The smallest absolute Gasteiger partial charge is 0.490 e. The number of nitrogens with two attached hydrogens (primary N) is 1. The quantitative estimate of drug-likeness (QED) is 0.127. The Kier molecular flexibility index (Phi) is 10.6. The second-order valence-electron chi connectivity index (χ2n) is 14.3. The number of hydrogen-bond donors (Lipinski definition) is 1. The van der Waals surface area contributed by atoms with Crippen LogP contribution in [-0.2, 0) is 30.4 Å². The van der Waals surface area contributed by atoms with Crippen LogP contribution in [0.2, 0.25) is 5.02 Å². The van der Waals surface area contributed by atoms with E-state index in [-0.39, 0.29) is 30.4 Å². The molecule has 1 amide bonds. The number of amides is 1. The summed E-state index contributed by atoms with van der Waals surface area (Å²) in [5, 5.41) is 1.17. The molecule has 3 aliphatic rings. The van der Waals surface area contributed by atoms with Gasteiger partial charge in [-0.05, 0) is 114 Å². The molecule has 2 bridgehead atoms. The maximum atomic E-state index is 17.2. The molecule has 2 N–H and O–H groups in total. The molecule has 2 aliphatic heterocycles. The molecule has 3 fully saturated rings. The molecule has 4 aromatic rings. The standard InChI is InChI=1S/C39H37ClF5N3O6S/c40-28-13-7-24(8-14-28)23-5-11-27(12-6-23)38(41,42)35(36(49)47-30-15-16-31(47)22-29(46)21-30)48(54-37(50)39(43,44)45)55(51,52)34-18-10-25-19-33(17-9-26(25)20-34)53-32-3-1-2-4-32/h5-14,17-20,29-32,35H,1-4,15-16,21-22,46H2/t29?,30?,31?,35-/m0/s1. The number of rotatable bonds is 10. The minimum absolute atomic E-state index is 0.0182. The van der Waals surface area contributed by atoms with Gasteiger partial charge in [0.25, 0.3) is 15.9 Å². The molecule has 1 aliphatic carbocycles. The molecule has 4 aromatic carbocycles. The average molecular weight is 806 g/mol. The highest BCUT2D eigenvalue weighted by Gasteiger charge is 2.60. The van der Waals surface area contributed by atoms with Gasteiger partial charge in [-0.3, -0.25) is 4.79 Å². The van der Waals surface area contributed by atoms with Crippen LogP contribution in [0.5, 0.6) is 5.75 Å². The Morgan fingerprint density at radius 2 is 1.36 bits per heavy atom. The topological polar surface area (TPSA) is 119 Å². The number of carbonyl (C=O) groups is 2. The molecular formula is C39H37ClF5N3O6S. The van der Waals surface area contributed by atoms with Crippen molar-refractivity contribution in [2.75, 3.05) is 0 Å². The van der Waals surface area contributed by atoms with E-state index in [4.69, 9.17) is 22.1 Å². The van der Waals surface area contributed by atoms with E-state index in [2.05, 4.69) is 4.84 Å². The maximum absolute atomic E-state index is 17.2. The van der Waals surface area contributed by atoms with Crippen LogP contribution in [0.15, 0.2) is 89.8 Å². The van der Waals surface area contributed by atoms with Gasteiger partial charge in [0.2, 0.25) is 6.04 Å². The van der Waals surface area contributed by atoms with Crippen molar-refractivity contribution in [3.63, 3.8) is 0 Å². The lowest BCUT2D eigenvalue weighted by molar-refractivity contribution is -0.240. The summed E-state index contributed by atoms with van der Waals surface area (Å²) in [5.41, 5.74) is 6.27. The van der Waals surface area contributed by atoms with Crippen molar-refractivity contribution >= 4 is 44.3 Å². The van der Waals surface area contributed by atoms with Gasteiger partial charge in [-0.2, -0.15) is 22.0 Å². The van der Waals surface area contributed by atoms with Crippen molar-refractivity contribution in [1.82, 2.24) is 9.37 Å². The van der Waals surface area contributed by atoms with Crippen molar-refractivity contribution in [2.24, 2.45) is 5.73 Å². The minimum atomic E-state index is -5.83. The summed E-state index contributed by atoms with van der Waals surface area (Å²) in [6.07, 6.45) is -0.899. The number of piperidine rings is 1. The first-order chi connectivity index (χ1) is 26.0. The number of halogens is 6. The van der Waals surface area contributed by atoms with Gasteiger partial charge < -0.3 is 20.2 Å². The zero-order chi connectivity index (χ0) is 39.3. The molecule has 2 saturated heterocycles. The SMILES string of the molecule is NC1CC2CCC(C1)N2C(=O)[C@H](N(OC(=O)C(F)(F)F)S(=O)(=O)c1ccc2cc(OC3CCCC3)ccc2c1)C(F)(F)c1ccc(-c2ccc(Cl)cc2)cc1. The summed E-state index contributed by atoms with van der Waals surface area (Å²) in [6.45, 7) is 0. The zero-order valence-corrected chi connectivity index (χ0v) is 30.8. The van der Waals surface area contributed by atoms with E-state index in [1.165, 1.54) is 24.3 Å². The van der Waals surface area contributed by atoms with Crippen LogP contribution in [0, 0.1) is 0 Å². The van der Waals surface area contributed by atoms with Crippen molar-refractivity contribution < 1.29 is 49.5 Å². The van der Waals surface area contributed by atoms with Gasteiger partial charge in [0.15, 0.2) is 0 Å². The fourth-order valence-electron chi connectivity index (χ4n) is 7.90. The molecule has 2 heterocycles. The van der Waals surface area contributed by atoms with Gasteiger partial charge in [-0.1, -0.05) is 60.1 Å².